The summed E-state index contributed by atoms with van der Waals surface area (Å²) in [5, 5.41) is 2.95. The molecule has 1 unspecified atom stereocenters. The van der Waals surface area contributed by atoms with Crippen LogP contribution < -0.4 is 5.32 Å². The predicted octanol–water partition coefficient (Wildman–Crippen LogP) is 5.39. The van der Waals surface area contributed by atoms with Crippen LogP contribution in [0.15, 0.2) is 41.0 Å². The third-order valence-electron chi connectivity index (χ3n) is 3.09. The van der Waals surface area contributed by atoms with Gasteiger partial charge in [-0.25, -0.2) is 0 Å². The maximum absolute atomic E-state index is 13.0. The standard InChI is InChI=1S/C15H15ClF3NO/c1-10(4-6-12-3-2-8-21-12)20-14-7-5-11(16)9-13(14)15(17,18)19/h2-3,5,7-10,20H,4,6H2,1H3. The molecule has 114 valence electrons. The lowest BCUT2D eigenvalue weighted by atomic mass is 10.1. The van der Waals surface area contributed by atoms with E-state index in [1.807, 2.05) is 13.0 Å². The fraction of sp³-hybridized carbons (Fsp3) is 0.333. The van der Waals surface area contributed by atoms with Crippen molar-refractivity contribution in [1.29, 1.82) is 0 Å². The van der Waals surface area contributed by atoms with E-state index in [2.05, 4.69) is 5.32 Å². The van der Waals surface area contributed by atoms with Crippen molar-refractivity contribution in [1.82, 2.24) is 0 Å². The molecule has 21 heavy (non-hydrogen) atoms. The fourth-order valence-electron chi connectivity index (χ4n) is 2.03. The lowest BCUT2D eigenvalue weighted by molar-refractivity contribution is -0.137. The molecule has 1 atom stereocenters. The highest BCUT2D eigenvalue weighted by atomic mass is 35.5. The van der Waals surface area contributed by atoms with Crippen molar-refractivity contribution in [2.45, 2.75) is 32.0 Å². The zero-order chi connectivity index (χ0) is 15.5. The lowest BCUT2D eigenvalue weighted by Gasteiger charge is -2.19. The van der Waals surface area contributed by atoms with Gasteiger partial charge in [0.25, 0.3) is 0 Å². The van der Waals surface area contributed by atoms with Crippen LogP contribution >= 0.6 is 11.6 Å². The molecule has 0 aliphatic rings. The van der Waals surface area contributed by atoms with E-state index < -0.39 is 11.7 Å². The highest BCUT2D eigenvalue weighted by molar-refractivity contribution is 6.30. The van der Waals surface area contributed by atoms with Crippen molar-refractivity contribution in [3.63, 3.8) is 0 Å². The van der Waals surface area contributed by atoms with E-state index in [4.69, 9.17) is 16.0 Å². The molecule has 0 fully saturated rings. The Bertz CT molecular complexity index is 581. The normalized spacial score (nSPS) is 13.2. The van der Waals surface area contributed by atoms with Gasteiger partial charge >= 0.3 is 6.18 Å². The number of alkyl halides is 3. The number of halogens is 4. The second kappa shape index (κ2) is 6.43. The molecule has 6 heteroatoms. The molecule has 0 aliphatic carbocycles. The fourth-order valence-corrected chi connectivity index (χ4v) is 2.20. The van der Waals surface area contributed by atoms with Crippen LogP contribution in [-0.4, -0.2) is 6.04 Å². The summed E-state index contributed by atoms with van der Waals surface area (Å²) >= 11 is 5.65. The largest absolute Gasteiger partial charge is 0.469 e. The van der Waals surface area contributed by atoms with Crippen molar-refractivity contribution in [2.24, 2.45) is 0 Å². The van der Waals surface area contributed by atoms with Crippen LogP contribution in [0.3, 0.4) is 0 Å². The maximum Gasteiger partial charge on any atom is 0.418 e. The first kappa shape index (κ1) is 15.8. The van der Waals surface area contributed by atoms with Gasteiger partial charge in [-0.1, -0.05) is 11.6 Å². The lowest BCUT2D eigenvalue weighted by Crippen LogP contribution is -2.19. The predicted molar refractivity (Wildman–Crippen MR) is 76.6 cm³/mol. The summed E-state index contributed by atoms with van der Waals surface area (Å²) < 4.78 is 44.1. The Morgan fingerprint density at radius 2 is 2.05 bits per heavy atom. The van der Waals surface area contributed by atoms with E-state index in [9.17, 15) is 13.2 Å². The van der Waals surface area contributed by atoms with Crippen molar-refractivity contribution in [3.8, 4) is 0 Å². The molecule has 1 aromatic carbocycles. The van der Waals surface area contributed by atoms with Gasteiger partial charge in [0.2, 0.25) is 0 Å². The summed E-state index contributed by atoms with van der Waals surface area (Å²) in [6.07, 6.45) is -1.54. The van der Waals surface area contributed by atoms with Crippen molar-refractivity contribution >= 4 is 17.3 Å². The van der Waals surface area contributed by atoms with E-state index in [0.717, 1.165) is 11.8 Å². The molecule has 0 saturated carbocycles. The molecule has 0 amide bonds. The highest BCUT2D eigenvalue weighted by Gasteiger charge is 2.34. The molecular formula is C15H15ClF3NO. The van der Waals surface area contributed by atoms with Crippen LogP contribution in [0.25, 0.3) is 0 Å². The minimum Gasteiger partial charge on any atom is -0.469 e. The van der Waals surface area contributed by atoms with E-state index in [1.54, 1.807) is 12.3 Å². The molecule has 1 N–H and O–H groups in total. The average Bonchev–Trinajstić information content (AvgIpc) is 2.90. The Balaban J connectivity index is 2.04. The molecule has 2 nitrogen and oxygen atoms in total. The van der Waals surface area contributed by atoms with Gasteiger partial charge in [0.1, 0.15) is 5.76 Å². The average molecular weight is 318 g/mol. The summed E-state index contributed by atoms with van der Waals surface area (Å²) in [4.78, 5) is 0. The third kappa shape index (κ3) is 4.43. The van der Waals surface area contributed by atoms with Crippen molar-refractivity contribution in [3.05, 3.63) is 52.9 Å². The maximum atomic E-state index is 13.0. The first-order valence-electron chi connectivity index (χ1n) is 6.52. The van der Waals surface area contributed by atoms with E-state index in [0.29, 0.717) is 12.8 Å². The summed E-state index contributed by atoms with van der Waals surface area (Å²) in [6, 6.07) is 7.23. The van der Waals surface area contributed by atoms with Crippen LogP contribution in [-0.2, 0) is 12.6 Å². The Hall–Kier alpha value is -1.62. The van der Waals surface area contributed by atoms with Crippen LogP contribution in [0.2, 0.25) is 5.02 Å². The Morgan fingerprint density at radius 1 is 1.29 bits per heavy atom. The molecule has 0 aliphatic heterocycles. The molecule has 2 aromatic rings. The molecule has 0 saturated heterocycles. The van der Waals surface area contributed by atoms with Crippen LogP contribution in [0.1, 0.15) is 24.7 Å². The van der Waals surface area contributed by atoms with Crippen molar-refractivity contribution < 1.29 is 17.6 Å². The first-order valence-corrected chi connectivity index (χ1v) is 6.89. The Morgan fingerprint density at radius 3 is 2.67 bits per heavy atom. The number of rotatable bonds is 5. The van der Waals surface area contributed by atoms with Gasteiger partial charge in [-0.05, 0) is 43.7 Å². The number of nitrogens with one attached hydrogen (secondary N) is 1. The quantitative estimate of drug-likeness (QED) is 0.800. The minimum atomic E-state index is -4.44. The van der Waals surface area contributed by atoms with Gasteiger partial charge < -0.3 is 9.73 Å². The molecule has 0 bridgehead atoms. The number of benzene rings is 1. The first-order chi connectivity index (χ1) is 9.86. The van der Waals surface area contributed by atoms with Gasteiger partial charge in [0.05, 0.1) is 11.8 Å². The molecule has 2 rings (SSSR count). The van der Waals surface area contributed by atoms with Crippen LogP contribution in [0.5, 0.6) is 0 Å². The van der Waals surface area contributed by atoms with E-state index in [-0.39, 0.29) is 16.8 Å². The monoisotopic (exact) mass is 317 g/mol. The summed E-state index contributed by atoms with van der Waals surface area (Å²) in [6.45, 7) is 1.83. The summed E-state index contributed by atoms with van der Waals surface area (Å²) in [7, 11) is 0. The topological polar surface area (TPSA) is 25.2 Å². The van der Waals surface area contributed by atoms with Crippen LogP contribution in [0.4, 0.5) is 18.9 Å². The zero-order valence-electron chi connectivity index (χ0n) is 11.4. The van der Waals surface area contributed by atoms with Gasteiger partial charge in [-0.15, -0.1) is 0 Å². The highest BCUT2D eigenvalue weighted by Crippen LogP contribution is 2.36. The number of anilines is 1. The van der Waals surface area contributed by atoms with Crippen LogP contribution in [0, 0.1) is 0 Å². The van der Waals surface area contributed by atoms with E-state index in [1.165, 1.54) is 12.1 Å². The summed E-state index contributed by atoms with van der Waals surface area (Å²) in [5.41, 5.74) is -0.710. The number of aryl methyl sites for hydroxylation is 1. The minimum absolute atomic E-state index is 0.0406. The SMILES string of the molecule is CC(CCc1ccco1)Nc1ccc(Cl)cc1C(F)(F)F. The van der Waals surface area contributed by atoms with E-state index >= 15 is 0 Å². The Kier molecular flexibility index (Phi) is 4.83. The van der Waals surface area contributed by atoms with Gasteiger partial charge in [-0.2, -0.15) is 13.2 Å². The Labute approximate surface area is 125 Å². The van der Waals surface area contributed by atoms with Gasteiger partial charge in [0.15, 0.2) is 0 Å². The zero-order valence-corrected chi connectivity index (χ0v) is 12.1. The smallest absolute Gasteiger partial charge is 0.418 e. The number of hydrogen-bond acceptors (Lipinski definition) is 2. The molecule has 1 heterocycles. The molecule has 0 radical (unpaired) electrons. The molecule has 0 spiro atoms. The summed E-state index contributed by atoms with van der Waals surface area (Å²) in [5.74, 6) is 0.816. The van der Waals surface area contributed by atoms with Gasteiger partial charge in [0, 0.05) is 23.2 Å². The molecule has 1 aromatic heterocycles. The molecular weight excluding hydrogens is 303 g/mol. The number of hydrogen-bond donors (Lipinski definition) is 1. The van der Waals surface area contributed by atoms with Gasteiger partial charge in [-0.3, -0.25) is 0 Å². The third-order valence-corrected chi connectivity index (χ3v) is 3.33. The number of furan rings is 1. The van der Waals surface area contributed by atoms with Crippen molar-refractivity contribution in [2.75, 3.05) is 5.32 Å². The second-order valence-corrected chi connectivity index (χ2v) is 5.29. The second-order valence-electron chi connectivity index (χ2n) is 4.85.